The summed E-state index contributed by atoms with van der Waals surface area (Å²) in [7, 11) is 4.03. The van der Waals surface area contributed by atoms with Crippen LogP contribution in [0.4, 0.5) is 11.4 Å². The maximum Gasteiger partial charge on any atom is 0.224 e. The maximum atomic E-state index is 12.7. The zero-order valence-corrected chi connectivity index (χ0v) is 18.3. The fourth-order valence-corrected chi connectivity index (χ4v) is 4.01. The summed E-state index contributed by atoms with van der Waals surface area (Å²) in [6, 6.07) is 6.35. The van der Waals surface area contributed by atoms with E-state index in [9.17, 15) is 9.59 Å². The Balaban J connectivity index is 2.27. The second-order valence-corrected chi connectivity index (χ2v) is 8.55. The highest BCUT2D eigenvalue weighted by Crippen LogP contribution is 2.29. The maximum absolute atomic E-state index is 12.7. The van der Waals surface area contributed by atoms with Crippen molar-refractivity contribution in [2.24, 2.45) is 5.92 Å². The van der Waals surface area contributed by atoms with Crippen molar-refractivity contribution < 1.29 is 9.59 Å². The quantitative estimate of drug-likeness (QED) is 0.696. The van der Waals surface area contributed by atoms with Crippen LogP contribution in [0.2, 0.25) is 0 Å². The first-order valence-corrected chi connectivity index (χ1v) is 10.7. The molecule has 2 amide bonds. The second kappa shape index (κ2) is 10.5. The third-order valence-electron chi connectivity index (χ3n) is 5.42. The highest BCUT2D eigenvalue weighted by molar-refractivity contribution is 5.91. The Morgan fingerprint density at radius 2 is 1.82 bits per heavy atom. The lowest BCUT2D eigenvalue weighted by molar-refractivity contribution is -0.134. The highest BCUT2D eigenvalue weighted by Gasteiger charge is 2.25. The number of nitrogens with zero attached hydrogens (tertiary/aromatic N) is 2. The van der Waals surface area contributed by atoms with E-state index >= 15 is 0 Å². The summed E-state index contributed by atoms with van der Waals surface area (Å²) in [5.41, 5.74) is 2.98. The summed E-state index contributed by atoms with van der Waals surface area (Å²) in [6.45, 7) is 6.61. The van der Waals surface area contributed by atoms with Crippen LogP contribution < -0.4 is 10.2 Å². The van der Waals surface area contributed by atoms with Crippen LogP contribution in [0, 0.1) is 5.92 Å². The fraction of sp³-hybridized carbons (Fsp3) is 0.652. The molecule has 1 saturated carbocycles. The van der Waals surface area contributed by atoms with Gasteiger partial charge in [0.1, 0.15) is 0 Å². The van der Waals surface area contributed by atoms with Gasteiger partial charge in [0.15, 0.2) is 0 Å². The minimum atomic E-state index is 0.0346. The van der Waals surface area contributed by atoms with Gasteiger partial charge >= 0.3 is 0 Å². The first-order valence-electron chi connectivity index (χ1n) is 10.7. The van der Waals surface area contributed by atoms with Crippen molar-refractivity contribution in [2.75, 3.05) is 24.3 Å². The van der Waals surface area contributed by atoms with E-state index < -0.39 is 0 Å². The van der Waals surface area contributed by atoms with E-state index in [-0.39, 0.29) is 11.8 Å². The molecule has 1 aliphatic rings. The van der Waals surface area contributed by atoms with Crippen molar-refractivity contribution in [3.8, 4) is 0 Å². The number of nitrogens with one attached hydrogen (secondary N) is 1. The van der Waals surface area contributed by atoms with E-state index in [1.807, 2.05) is 53.1 Å². The average molecular weight is 388 g/mol. The summed E-state index contributed by atoms with van der Waals surface area (Å²) >= 11 is 0. The van der Waals surface area contributed by atoms with Crippen LogP contribution in [0.25, 0.3) is 0 Å². The molecule has 1 aliphatic carbocycles. The third-order valence-corrected chi connectivity index (χ3v) is 5.42. The predicted octanol–water partition coefficient (Wildman–Crippen LogP) is 4.81. The number of anilines is 2. The second-order valence-electron chi connectivity index (χ2n) is 8.55. The van der Waals surface area contributed by atoms with Crippen molar-refractivity contribution in [3.63, 3.8) is 0 Å². The van der Waals surface area contributed by atoms with E-state index in [4.69, 9.17) is 0 Å². The van der Waals surface area contributed by atoms with Crippen molar-refractivity contribution in [2.45, 2.75) is 78.3 Å². The molecular weight excluding hydrogens is 350 g/mol. The Bertz CT molecular complexity index is 664. The summed E-state index contributed by atoms with van der Waals surface area (Å²) in [5.74, 6) is 0.572. The van der Waals surface area contributed by atoms with Crippen molar-refractivity contribution in [1.82, 2.24) is 4.90 Å². The lowest BCUT2D eigenvalue weighted by atomic mass is 9.93. The summed E-state index contributed by atoms with van der Waals surface area (Å²) in [6.07, 6.45) is 6.88. The molecule has 156 valence electrons. The largest absolute Gasteiger partial charge is 0.377 e. The molecule has 5 heteroatoms. The van der Waals surface area contributed by atoms with Gasteiger partial charge in [0.2, 0.25) is 11.8 Å². The SMILES string of the molecule is CCC(=O)N(Cc1cc(NC(=O)CC(C)C)ccc1N(C)C)C1CCCCC1. The van der Waals surface area contributed by atoms with Crippen molar-refractivity contribution in [3.05, 3.63) is 23.8 Å². The molecule has 1 aromatic rings. The minimum absolute atomic E-state index is 0.0346. The molecule has 2 rings (SSSR count). The number of amides is 2. The molecule has 1 N–H and O–H groups in total. The highest BCUT2D eigenvalue weighted by atomic mass is 16.2. The van der Waals surface area contributed by atoms with Gasteiger partial charge in [-0.2, -0.15) is 0 Å². The Hall–Kier alpha value is -2.04. The number of carbonyl (C=O) groups is 2. The third kappa shape index (κ3) is 6.25. The first kappa shape index (κ1) is 22.3. The first-order chi connectivity index (χ1) is 13.3. The van der Waals surface area contributed by atoms with Gasteiger partial charge in [-0.1, -0.05) is 40.0 Å². The van der Waals surface area contributed by atoms with Crippen LogP contribution in [0.1, 0.15) is 71.3 Å². The number of benzene rings is 1. The van der Waals surface area contributed by atoms with Gasteiger partial charge in [0.05, 0.1) is 0 Å². The lowest BCUT2D eigenvalue weighted by Gasteiger charge is -2.35. The van der Waals surface area contributed by atoms with E-state index in [0.29, 0.717) is 31.3 Å². The lowest BCUT2D eigenvalue weighted by Crippen LogP contribution is -2.40. The molecule has 1 aromatic carbocycles. The predicted molar refractivity (Wildman–Crippen MR) is 117 cm³/mol. The minimum Gasteiger partial charge on any atom is -0.377 e. The zero-order valence-electron chi connectivity index (χ0n) is 18.3. The normalized spacial score (nSPS) is 14.8. The molecule has 5 nitrogen and oxygen atoms in total. The van der Waals surface area contributed by atoms with E-state index in [0.717, 1.165) is 29.8 Å². The van der Waals surface area contributed by atoms with Crippen LogP contribution in [0.15, 0.2) is 18.2 Å². The van der Waals surface area contributed by atoms with Crippen molar-refractivity contribution in [1.29, 1.82) is 0 Å². The Morgan fingerprint density at radius 3 is 2.39 bits per heavy atom. The molecule has 0 atom stereocenters. The van der Waals surface area contributed by atoms with Crippen LogP contribution in [-0.2, 0) is 16.1 Å². The number of carbonyl (C=O) groups excluding carboxylic acids is 2. The Labute approximate surface area is 170 Å². The smallest absolute Gasteiger partial charge is 0.224 e. The van der Waals surface area contributed by atoms with Gasteiger partial charge in [0, 0.05) is 50.9 Å². The van der Waals surface area contributed by atoms with E-state index in [1.54, 1.807) is 0 Å². The molecule has 0 saturated heterocycles. The van der Waals surface area contributed by atoms with Crippen molar-refractivity contribution >= 4 is 23.2 Å². The fourth-order valence-electron chi connectivity index (χ4n) is 4.01. The van der Waals surface area contributed by atoms with E-state index in [2.05, 4.69) is 15.1 Å². The molecule has 28 heavy (non-hydrogen) atoms. The number of hydrogen-bond acceptors (Lipinski definition) is 3. The number of rotatable bonds is 8. The van der Waals surface area contributed by atoms with Gasteiger partial charge < -0.3 is 15.1 Å². The van der Waals surface area contributed by atoms with E-state index in [1.165, 1.54) is 19.3 Å². The van der Waals surface area contributed by atoms with Gasteiger partial charge in [-0.05, 0) is 42.5 Å². The summed E-state index contributed by atoms with van der Waals surface area (Å²) < 4.78 is 0. The van der Waals surface area contributed by atoms with Crippen LogP contribution in [0.3, 0.4) is 0 Å². The van der Waals surface area contributed by atoms with Gasteiger partial charge in [0.25, 0.3) is 0 Å². The molecule has 0 bridgehead atoms. The summed E-state index contributed by atoms with van der Waals surface area (Å²) in [4.78, 5) is 29.1. The molecule has 0 spiro atoms. The molecule has 1 fully saturated rings. The Morgan fingerprint density at radius 1 is 1.14 bits per heavy atom. The molecule has 0 unspecified atom stereocenters. The Kier molecular flexibility index (Phi) is 8.34. The van der Waals surface area contributed by atoms with Crippen LogP contribution >= 0.6 is 0 Å². The topological polar surface area (TPSA) is 52.7 Å². The average Bonchev–Trinajstić information content (AvgIpc) is 2.65. The van der Waals surface area contributed by atoms with Gasteiger partial charge in [-0.15, -0.1) is 0 Å². The molecule has 0 aliphatic heterocycles. The molecule has 0 heterocycles. The standard InChI is InChI=1S/C23H37N3O2/c1-6-23(28)26(20-10-8-7-9-11-20)16-18-15-19(12-13-21(18)25(4)5)24-22(27)14-17(2)3/h12-13,15,17,20H,6-11,14,16H2,1-5H3,(H,24,27). The zero-order chi connectivity index (χ0) is 20.7. The van der Waals surface area contributed by atoms with Gasteiger partial charge in [-0.3, -0.25) is 9.59 Å². The van der Waals surface area contributed by atoms with Crippen LogP contribution in [-0.4, -0.2) is 36.9 Å². The molecular formula is C23H37N3O2. The number of hydrogen-bond donors (Lipinski definition) is 1. The monoisotopic (exact) mass is 387 g/mol. The molecule has 0 radical (unpaired) electrons. The van der Waals surface area contributed by atoms with Crippen LogP contribution in [0.5, 0.6) is 0 Å². The summed E-state index contributed by atoms with van der Waals surface area (Å²) in [5, 5.41) is 3.01. The molecule has 0 aromatic heterocycles. The van der Waals surface area contributed by atoms with Gasteiger partial charge in [-0.25, -0.2) is 0 Å².